The molecule has 0 spiro atoms. The SMILES string of the molecule is C=CC(=O)O.C=CC(=O)O.C=CC(=O)O.CCCS(C)(C)C. The Morgan fingerprint density at radius 2 is 1.00 bits per heavy atom. The predicted molar refractivity (Wildman–Crippen MR) is 94.0 cm³/mol. The number of carboxylic acid groups (broad SMARTS) is 3. The van der Waals surface area contributed by atoms with E-state index in [1.54, 1.807) is 0 Å². The van der Waals surface area contributed by atoms with Crippen LogP contribution in [0.1, 0.15) is 13.3 Å². The Hall–Kier alpha value is -2.02. The number of carboxylic acids is 3. The average Bonchev–Trinajstić information content (AvgIpc) is 2.39. The number of rotatable bonds is 5. The maximum absolute atomic E-state index is 9.25. The molecule has 6 nitrogen and oxygen atoms in total. The van der Waals surface area contributed by atoms with Gasteiger partial charge in [-0.25, -0.2) is 24.4 Å². The summed E-state index contributed by atoms with van der Waals surface area (Å²) in [7, 11) is -0.174. The van der Waals surface area contributed by atoms with E-state index in [1.807, 2.05) is 0 Å². The van der Waals surface area contributed by atoms with E-state index in [1.165, 1.54) is 12.2 Å². The van der Waals surface area contributed by atoms with Crippen LogP contribution in [0, 0.1) is 0 Å². The van der Waals surface area contributed by atoms with Crippen LogP contribution in [-0.4, -0.2) is 57.7 Å². The van der Waals surface area contributed by atoms with Crippen molar-refractivity contribution in [3.8, 4) is 0 Å². The Morgan fingerprint density at radius 3 is 1.00 bits per heavy atom. The molecule has 0 aromatic rings. The van der Waals surface area contributed by atoms with E-state index in [4.69, 9.17) is 15.3 Å². The molecule has 0 aromatic heterocycles. The molecule has 0 atom stereocenters. The van der Waals surface area contributed by atoms with E-state index in [0.29, 0.717) is 0 Å². The first-order valence-corrected chi connectivity index (χ1v) is 9.12. The molecule has 0 amide bonds. The molecule has 0 rings (SSSR count). The van der Waals surface area contributed by atoms with Crippen molar-refractivity contribution in [2.75, 3.05) is 24.5 Å². The van der Waals surface area contributed by atoms with Gasteiger partial charge < -0.3 is 15.3 Å². The van der Waals surface area contributed by atoms with Gasteiger partial charge in [-0.05, 0) is 30.9 Å². The molecular formula is C15H28O6S. The van der Waals surface area contributed by atoms with Crippen molar-refractivity contribution in [3.63, 3.8) is 0 Å². The van der Waals surface area contributed by atoms with E-state index in [-0.39, 0.29) is 10.0 Å². The second-order valence-corrected chi connectivity index (χ2v) is 9.01. The normalized spacial score (nSPS) is 8.91. The monoisotopic (exact) mass is 336 g/mol. The molecule has 0 aromatic carbocycles. The van der Waals surface area contributed by atoms with E-state index < -0.39 is 17.9 Å². The Labute approximate surface area is 134 Å². The highest BCUT2D eigenvalue weighted by Gasteiger charge is 1.98. The minimum Gasteiger partial charge on any atom is -0.478 e. The largest absolute Gasteiger partial charge is 0.478 e. The maximum Gasteiger partial charge on any atom is 0.327 e. The van der Waals surface area contributed by atoms with Crippen molar-refractivity contribution < 1.29 is 29.7 Å². The van der Waals surface area contributed by atoms with Gasteiger partial charge >= 0.3 is 17.9 Å². The molecule has 0 unspecified atom stereocenters. The number of carbonyl (C=O) groups is 3. The summed E-state index contributed by atoms with van der Waals surface area (Å²) in [6.07, 6.45) is 10.9. The molecule has 7 heteroatoms. The fourth-order valence-electron chi connectivity index (χ4n) is 0.612. The summed E-state index contributed by atoms with van der Waals surface area (Å²) in [4.78, 5) is 27.8. The Balaban J connectivity index is -0.0000000995. The number of hydrogen-bond acceptors (Lipinski definition) is 3. The topological polar surface area (TPSA) is 112 Å². The first kappa shape index (κ1) is 28.2. The van der Waals surface area contributed by atoms with Gasteiger partial charge in [0.1, 0.15) is 0 Å². The lowest BCUT2D eigenvalue weighted by atomic mass is 10.6. The number of aliphatic carboxylic acids is 3. The van der Waals surface area contributed by atoms with Gasteiger partial charge in [0, 0.05) is 18.2 Å². The van der Waals surface area contributed by atoms with Crippen LogP contribution in [-0.2, 0) is 14.4 Å². The predicted octanol–water partition coefficient (Wildman–Crippen LogP) is 2.86. The lowest BCUT2D eigenvalue weighted by Crippen LogP contribution is -1.95. The number of hydrogen-bond donors (Lipinski definition) is 3. The van der Waals surface area contributed by atoms with Crippen LogP contribution in [0.2, 0.25) is 0 Å². The molecule has 0 aliphatic heterocycles. The third-order valence-corrected chi connectivity index (χ3v) is 2.97. The molecular weight excluding hydrogens is 308 g/mol. The molecule has 0 radical (unpaired) electrons. The van der Waals surface area contributed by atoms with Gasteiger partial charge in [-0.3, -0.25) is 0 Å². The van der Waals surface area contributed by atoms with Crippen LogP contribution in [0.4, 0.5) is 0 Å². The van der Waals surface area contributed by atoms with E-state index >= 15 is 0 Å². The van der Waals surface area contributed by atoms with Crippen molar-refractivity contribution in [1.82, 2.24) is 0 Å². The minimum atomic E-state index is -0.981. The maximum atomic E-state index is 9.25. The smallest absolute Gasteiger partial charge is 0.327 e. The van der Waals surface area contributed by atoms with Crippen LogP contribution in [0.5, 0.6) is 0 Å². The lowest BCUT2D eigenvalue weighted by Gasteiger charge is -2.23. The molecule has 130 valence electrons. The van der Waals surface area contributed by atoms with E-state index in [2.05, 4.69) is 45.4 Å². The van der Waals surface area contributed by atoms with E-state index in [9.17, 15) is 14.4 Å². The van der Waals surface area contributed by atoms with Gasteiger partial charge in [0.2, 0.25) is 0 Å². The molecule has 0 heterocycles. The van der Waals surface area contributed by atoms with Crippen LogP contribution in [0.15, 0.2) is 38.0 Å². The molecule has 0 aliphatic rings. The van der Waals surface area contributed by atoms with E-state index in [0.717, 1.165) is 18.2 Å². The van der Waals surface area contributed by atoms with Crippen molar-refractivity contribution >= 4 is 27.9 Å². The molecule has 3 N–H and O–H groups in total. The Kier molecular flexibility index (Phi) is 24.3. The van der Waals surface area contributed by atoms with Gasteiger partial charge in [0.25, 0.3) is 0 Å². The summed E-state index contributed by atoms with van der Waals surface area (Å²) in [6.45, 7) is 11.1. The van der Waals surface area contributed by atoms with Crippen molar-refractivity contribution in [2.24, 2.45) is 0 Å². The quantitative estimate of drug-likeness (QED) is 0.666. The summed E-state index contributed by atoms with van der Waals surface area (Å²) < 4.78 is 0. The van der Waals surface area contributed by atoms with Gasteiger partial charge in [-0.2, -0.15) is 0 Å². The molecule has 22 heavy (non-hydrogen) atoms. The first-order valence-electron chi connectivity index (χ1n) is 6.09. The summed E-state index contributed by atoms with van der Waals surface area (Å²) in [5.41, 5.74) is 0. The second-order valence-electron chi connectivity index (χ2n) is 4.42. The third kappa shape index (κ3) is 81.4. The molecule has 0 bridgehead atoms. The van der Waals surface area contributed by atoms with Crippen LogP contribution < -0.4 is 0 Å². The summed E-state index contributed by atoms with van der Waals surface area (Å²) in [6, 6.07) is 0. The Morgan fingerprint density at radius 1 is 0.818 bits per heavy atom. The molecule has 0 fully saturated rings. The third-order valence-electron chi connectivity index (χ3n) is 1.34. The highest BCUT2D eigenvalue weighted by atomic mass is 32.3. The van der Waals surface area contributed by atoms with Crippen LogP contribution in [0.25, 0.3) is 0 Å². The van der Waals surface area contributed by atoms with Crippen LogP contribution in [0.3, 0.4) is 0 Å². The summed E-state index contributed by atoms with van der Waals surface area (Å²) in [5, 5.41) is 22.8. The molecule has 0 aliphatic carbocycles. The average molecular weight is 336 g/mol. The first-order chi connectivity index (χ1) is 9.87. The van der Waals surface area contributed by atoms with Gasteiger partial charge in [-0.15, -0.1) is 0 Å². The minimum absolute atomic E-state index is 0.174. The Bertz CT molecular complexity index is 313. The molecule has 0 saturated heterocycles. The molecule has 0 saturated carbocycles. The van der Waals surface area contributed by atoms with Gasteiger partial charge in [0.05, 0.1) is 0 Å². The van der Waals surface area contributed by atoms with Crippen molar-refractivity contribution in [1.29, 1.82) is 0 Å². The zero-order chi connectivity index (χ0) is 18.8. The van der Waals surface area contributed by atoms with Gasteiger partial charge in [-0.1, -0.05) is 26.7 Å². The lowest BCUT2D eigenvalue weighted by molar-refractivity contribution is -0.132. The van der Waals surface area contributed by atoms with Gasteiger partial charge in [0.15, 0.2) is 0 Å². The summed E-state index contributed by atoms with van der Waals surface area (Å²) in [5.74, 6) is -1.52. The zero-order valence-electron chi connectivity index (χ0n) is 13.7. The van der Waals surface area contributed by atoms with Crippen molar-refractivity contribution in [3.05, 3.63) is 38.0 Å². The fraction of sp³-hybridized carbons (Fsp3) is 0.400. The fourth-order valence-corrected chi connectivity index (χ4v) is 1.84. The summed E-state index contributed by atoms with van der Waals surface area (Å²) >= 11 is 0. The second kappa shape index (κ2) is 19.0. The highest BCUT2D eigenvalue weighted by Crippen LogP contribution is 2.34. The highest BCUT2D eigenvalue weighted by molar-refractivity contribution is 8.32. The zero-order valence-corrected chi connectivity index (χ0v) is 14.6. The van der Waals surface area contributed by atoms with Crippen LogP contribution >= 0.6 is 10.0 Å². The van der Waals surface area contributed by atoms with Crippen molar-refractivity contribution in [2.45, 2.75) is 13.3 Å². The standard InChI is InChI=1S/C6H16S.3C3H4O2/c1-5-6-7(2,3)4;3*1-2-3(4)5/h5-6H2,1-4H3;3*2H,1H2,(H,4,5).